The van der Waals surface area contributed by atoms with Crippen LogP contribution in [0.4, 0.5) is 0 Å². The zero-order valence-electron chi connectivity index (χ0n) is 19.3. The van der Waals surface area contributed by atoms with Crippen molar-refractivity contribution >= 4 is 38.9 Å². The van der Waals surface area contributed by atoms with Crippen LogP contribution in [0.1, 0.15) is 60.1 Å². The lowest BCUT2D eigenvalue weighted by Crippen LogP contribution is -2.37. The summed E-state index contributed by atoms with van der Waals surface area (Å²) in [5.74, 6) is 0.466. The molecule has 33 heavy (non-hydrogen) atoms. The molecule has 0 saturated carbocycles. The van der Waals surface area contributed by atoms with Crippen LogP contribution in [-0.2, 0) is 14.8 Å². The molecule has 0 bridgehead atoms. The summed E-state index contributed by atoms with van der Waals surface area (Å²) in [6, 6.07) is 4.84. The van der Waals surface area contributed by atoms with E-state index in [-0.39, 0.29) is 16.7 Å². The number of piperidine rings is 1. The normalized spacial score (nSPS) is 15.8. The van der Waals surface area contributed by atoms with Gasteiger partial charge >= 0.3 is 0 Å². The molecule has 0 atom stereocenters. The van der Waals surface area contributed by atoms with Gasteiger partial charge in [-0.05, 0) is 49.8 Å². The van der Waals surface area contributed by atoms with Crippen molar-refractivity contribution in [2.24, 2.45) is 5.92 Å². The summed E-state index contributed by atoms with van der Waals surface area (Å²) in [7, 11) is -3.58. The number of benzene rings is 1. The monoisotopic (exact) mass is 513 g/mol. The minimum Gasteiger partial charge on any atom is -0.381 e. The molecule has 0 radical (unpaired) electrons. The van der Waals surface area contributed by atoms with Crippen molar-refractivity contribution in [2.75, 3.05) is 32.8 Å². The van der Waals surface area contributed by atoms with Gasteiger partial charge in [-0.2, -0.15) is 4.31 Å². The number of sulfonamides is 1. The predicted octanol–water partition coefficient (Wildman–Crippen LogP) is 4.47. The second kappa shape index (κ2) is 11.8. The average Bonchev–Trinajstić information content (AvgIpc) is 3.28. The maximum atomic E-state index is 13.0. The van der Waals surface area contributed by atoms with Crippen LogP contribution in [0.15, 0.2) is 28.5 Å². The average molecular weight is 514 g/mol. The molecule has 1 aromatic heterocycles. The fourth-order valence-electron chi connectivity index (χ4n) is 3.59. The Kier molecular flexibility index (Phi) is 9.29. The topological polar surface area (TPSA) is 88.6 Å². The van der Waals surface area contributed by atoms with Crippen LogP contribution in [-0.4, -0.2) is 56.5 Å². The molecule has 0 aliphatic carbocycles. The summed E-state index contributed by atoms with van der Waals surface area (Å²) in [5.41, 5.74) is 1.26. The van der Waals surface area contributed by atoms with Crippen LogP contribution in [0.2, 0.25) is 5.02 Å². The number of thiazole rings is 1. The largest absolute Gasteiger partial charge is 0.381 e. The van der Waals surface area contributed by atoms with Crippen LogP contribution >= 0.6 is 22.9 Å². The minimum absolute atomic E-state index is 0.147. The molecule has 2 heterocycles. The Bertz CT molecular complexity index is 1050. The highest BCUT2D eigenvalue weighted by atomic mass is 35.5. The number of rotatable bonds is 10. The van der Waals surface area contributed by atoms with Gasteiger partial charge in [0.05, 0.1) is 9.90 Å². The quantitative estimate of drug-likeness (QED) is 0.473. The Labute approximate surface area is 205 Å². The second-order valence-electron chi connectivity index (χ2n) is 8.74. The second-order valence-corrected chi connectivity index (χ2v) is 12.0. The van der Waals surface area contributed by atoms with E-state index in [0.29, 0.717) is 55.7 Å². The van der Waals surface area contributed by atoms with Gasteiger partial charge in [0.2, 0.25) is 10.0 Å². The summed E-state index contributed by atoms with van der Waals surface area (Å²) in [6.07, 6.45) is 2.09. The van der Waals surface area contributed by atoms with Gasteiger partial charge in [-0.3, -0.25) is 4.79 Å². The Morgan fingerprint density at radius 2 is 2.06 bits per heavy atom. The summed E-state index contributed by atoms with van der Waals surface area (Å²) in [5, 5.41) is 5.99. The van der Waals surface area contributed by atoms with E-state index in [1.807, 2.05) is 6.92 Å². The van der Waals surface area contributed by atoms with Gasteiger partial charge in [0, 0.05) is 49.2 Å². The lowest BCUT2D eigenvalue weighted by Gasteiger charge is -2.30. The number of aromatic nitrogens is 1. The highest BCUT2D eigenvalue weighted by molar-refractivity contribution is 7.89. The Morgan fingerprint density at radius 3 is 2.73 bits per heavy atom. The third-order valence-electron chi connectivity index (χ3n) is 5.54. The fraction of sp³-hybridized carbons (Fsp3) is 0.565. The maximum Gasteiger partial charge on any atom is 0.270 e. The first-order chi connectivity index (χ1) is 15.7. The SMILES string of the molecule is Cc1ccc(S(=O)(=O)N2CCC(c3nc(C(=O)NCCCOCC(C)C)cs3)CC2)cc1Cl. The summed E-state index contributed by atoms with van der Waals surface area (Å²) in [6.45, 7) is 8.76. The summed E-state index contributed by atoms with van der Waals surface area (Å²) in [4.78, 5) is 17.1. The van der Waals surface area contributed by atoms with Gasteiger partial charge in [0.25, 0.3) is 5.91 Å². The van der Waals surface area contributed by atoms with E-state index in [9.17, 15) is 13.2 Å². The molecule has 1 N–H and O–H groups in total. The van der Waals surface area contributed by atoms with Gasteiger partial charge < -0.3 is 10.1 Å². The number of hydrogen-bond donors (Lipinski definition) is 1. The number of nitrogens with zero attached hydrogens (tertiary/aromatic N) is 2. The molecule has 7 nitrogen and oxygen atoms in total. The number of amides is 1. The lowest BCUT2D eigenvalue weighted by molar-refractivity contribution is 0.0921. The highest BCUT2D eigenvalue weighted by Crippen LogP contribution is 2.33. The maximum absolute atomic E-state index is 13.0. The molecule has 1 aromatic carbocycles. The van der Waals surface area contributed by atoms with Crippen LogP contribution in [0, 0.1) is 12.8 Å². The van der Waals surface area contributed by atoms with Crippen molar-refractivity contribution in [2.45, 2.75) is 50.8 Å². The number of carbonyl (C=O) groups is 1. The van der Waals surface area contributed by atoms with Gasteiger partial charge in [0.1, 0.15) is 5.69 Å². The van der Waals surface area contributed by atoms with E-state index < -0.39 is 10.0 Å². The van der Waals surface area contributed by atoms with Crippen LogP contribution in [0.25, 0.3) is 0 Å². The molecule has 3 rings (SSSR count). The lowest BCUT2D eigenvalue weighted by atomic mass is 9.99. The van der Waals surface area contributed by atoms with E-state index in [4.69, 9.17) is 16.3 Å². The number of aryl methyl sites for hydroxylation is 1. The van der Waals surface area contributed by atoms with Crippen molar-refractivity contribution < 1.29 is 17.9 Å². The van der Waals surface area contributed by atoms with Gasteiger partial charge in [0.15, 0.2) is 0 Å². The molecule has 0 unspecified atom stereocenters. The number of ether oxygens (including phenoxy) is 1. The molecule has 1 amide bonds. The van der Waals surface area contributed by atoms with Crippen LogP contribution in [0.3, 0.4) is 0 Å². The van der Waals surface area contributed by atoms with Gasteiger partial charge in [-0.15, -0.1) is 11.3 Å². The Morgan fingerprint density at radius 1 is 1.33 bits per heavy atom. The molecule has 1 fully saturated rings. The molecule has 0 spiro atoms. The van der Waals surface area contributed by atoms with E-state index in [1.165, 1.54) is 21.7 Å². The zero-order chi connectivity index (χ0) is 24.0. The molecule has 182 valence electrons. The van der Waals surface area contributed by atoms with E-state index in [2.05, 4.69) is 24.1 Å². The van der Waals surface area contributed by atoms with E-state index >= 15 is 0 Å². The third kappa shape index (κ3) is 6.99. The highest BCUT2D eigenvalue weighted by Gasteiger charge is 2.31. The third-order valence-corrected chi connectivity index (χ3v) is 8.85. The number of hydrogen-bond acceptors (Lipinski definition) is 6. The molecule has 1 aliphatic rings. The van der Waals surface area contributed by atoms with Crippen LogP contribution in [0.5, 0.6) is 0 Å². The first-order valence-corrected chi connectivity index (χ1v) is 14.0. The summed E-state index contributed by atoms with van der Waals surface area (Å²) >= 11 is 7.59. The smallest absolute Gasteiger partial charge is 0.270 e. The zero-order valence-corrected chi connectivity index (χ0v) is 21.7. The fourth-order valence-corrected chi connectivity index (χ4v) is 6.30. The number of nitrogens with one attached hydrogen (secondary N) is 1. The Balaban J connectivity index is 1.49. The van der Waals surface area contributed by atoms with E-state index in [0.717, 1.165) is 23.6 Å². The summed E-state index contributed by atoms with van der Waals surface area (Å²) < 4.78 is 33.0. The van der Waals surface area contributed by atoms with E-state index in [1.54, 1.807) is 17.5 Å². The first kappa shape index (κ1) is 26.1. The van der Waals surface area contributed by atoms with Crippen molar-refractivity contribution in [3.8, 4) is 0 Å². The number of halogens is 1. The number of carbonyl (C=O) groups excluding carboxylic acids is 1. The van der Waals surface area contributed by atoms with Crippen molar-refractivity contribution in [1.29, 1.82) is 0 Å². The first-order valence-electron chi connectivity index (χ1n) is 11.3. The van der Waals surface area contributed by atoms with Crippen molar-refractivity contribution in [3.05, 3.63) is 44.9 Å². The minimum atomic E-state index is -3.58. The standard InChI is InChI=1S/C23H32ClN3O4S2/c1-16(2)14-31-12-4-9-25-22(28)21-15-32-23(26-21)18-7-10-27(11-8-18)33(29,30)19-6-5-17(3)20(24)13-19/h5-6,13,15-16,18H,4,7-12,14H2,1-3H3,(H,25,28). The van der Waals surface area contributed by atoms with Crippen molar-refractivity contribution in [1.82, 2.24) is 14.6 Å². The van der Waals surface area contributed by atoms with Gasteiger partial charge in [-0.25, -0.2) is 13.4 Å². The van der Waals surface area contributed by atoms with Crippen LogP contribution < -0.4 is 5.32 Å². The molecule has 1 saturated heterocycles. The molecule has 1 aliphatic heterocycles. The van der Waals surface area contributed by atoms with Crippen molar-refractivity contribution in [3.63, 3.8) is 0 Å². The molecular formula is C23H32ClN3O4S2. The molecule has 10 heteroatoms. The molecular weight excluding hydrogens is 482 g/mol. The molecule has 2 aromatic rings. The Hall–Kier alpha value is -1.52. The van der Waals surface area contributed by atoms with Gasteiger partial charge in [-0.1, -0.05) is 31.5 Å². The predicted molar refractivity (Wildman–Crippen MR) is 132 cm³/mol.